The first-order valence-corrected chi connectivity index (χ1v) is 7.72. The highest BCUT2D eigenvalue weighted by Gasteiger charge is 2.15. The predicted molar refractivity (Wildman–Crippen MR) is 93.3 cm³/mol. The van der Waals surface area contributed by atoms with E-state index in [0.717, 1.165) is 17.1 Å². The molecule has 1 aromatic heterocycles. The van der Waals surface area contributed by atoms with Crippen molar-refractivity contribution in [2.24, 2.45) is 10.7 Å². The van der Waals surface area contributed by atoms with Gasteiger partial charge in [0.05, 0.1) is 12.8 Å². The second kappa shape index (κ2) is 8.39. The highest BCUT2D eigenvalue weighted by atomic mass is 19.2. The quantitative estimate of drug-likeness (QED) is 0.317. The molecular formula is C16H19F3N6O. The van der Waals surface area contributed by atoms with Gasteiger partial charge >= 0.3 is 5.69 Å². The lowest BCUT2D eigenvalue weighted by molar-refractivity contribution is 0.481. The SMILES string of the molecule is C=C(/N=C\c1[nH]c(=O)n(Cc2cc(F)cc(F)c2F)c1N)NCCCN. The highest BCUT2D eigenvalue weighted by molar-refractivity contribution is 5.83. The molecule has 1 aromatic carbocycles. The number of aliphatic imine (C=N–C) groups is 1. The first-order chi connectivity index (χ1) is 12.3. The van der Waals surface area contributed by atoms with Gasteiger partial charge in [-0.15, -0.1) is 0 Å². The molecule has 0 bridgehead atoms. The molecule has 6 N–H and O–H groups in total. The molecule has 0 atom stereocenters. The summed E-state index contributed by atoms with van der Waals surface area (Å²) >= 11 is 0. The molecule has 2 aromatic rings. The Morgan fingerprint density at radius 2 is 2.12 bits per heavy atom. The Kier molecular flexibility index (Phi) is 6.23. The normalized spacial score (nSPS) is 11.2. The number of H-pyrrole nitrogens is 1. The highest BCUT2D eigenvalue weighted by Crippen LogP contribution is 2.16. The van der Waals surface area contributed by atoms with Crippen molar-refractivity contribution in [1.82, 2.24) is 14.9 Å². The zero-order chi connectivity index (χ0) is 19.3. The van der Waals surface area contributed by atoms with E-state index in [1.807, 2.05) is 0 Å². The van der Waals surface area contributed by atoms with E-state index in [4.69, 9.17) is 11.5 Å². The molecule has 10 heteroatoms. The number of nitrogens with one attached hydrogen (secondary N) is 2. The number of aromatic amines is 1. The molecule has 0 aliphatic carbocycles. The van der Waals surface area contributed by atoms with Crippen molar-refractivity contribution in [1.29, 1.82) is 0 Å². The van der Waals surface area contributed by atoms with E-state index in [2.05, 4.69) is 21.9 Å². The van der Waals surface area contributed by atoms with Crippen molar-refractivity contribution in [2.45, 2.75) is 13.0 Å². The van der Waals surface area contributed by atoms with Crippen LogP contribution >= 0.6 is 0 Å². The Labute approximate surface area is 147 Å². The summed E-state index contributed by atoms with van der Waals surface area (Å²) in [5.74, 6) is -3.26. The Bertz CT molecular complexity index is 887. The minimum Gasteiger partial charge on any atom is -0.383 e. The summed E-state index contributed by atoms with van der Waals surface area (Å²) in [6.45, 7) is 4.34. The van der Waals surface area contributed by atoms with Gasteiger partial charge in [0.15, 0.2) is 11.6 Å². The molecule has 26 heavy (non-hydrogen) atoms. The van der Waals surface area contributed by atoms with Crippen LogP contribution in [0.5, 0.6) is 0 Å². The third kappa shape index (κ3) is 4.54. The van der Waals surface area contributed by atoms with Crippen LogP contribution in [0.3, 0.4) is 0 Å². The smallest absolute Gasteiger partial charge is 0.327 e. The number of halogens is 3. The summed E-state index contributed by atoms with van der Waals surface area (Å²) in [7, 11) is 0. The van der Waals surface area contributed by atoms with Gasteiger partial charge in [0.2, 0.25) is 0 Å². The second-order valence-corrected chi connectivity index (χ2v) is 5.45. The maximum atomic E-state index is 13.8. The Balaban J connectivity index is 2.21. The maximum Gasteiger partial charge on any atom is 0.327 e. The van der Waals surface area contributed by atoms with E-state index in [9.17, 15) is 18.0 Å². The fourth-order valence-corrected chi connectivity index (χ4v) is 2.17. The Hall–Kier alpha value is -3.01. The van der Waals surface area contributed by atoms with Crippen LogP contribution in [0.1, 0.15) is 17.7 Å². The lowest BCUT2D eigenvalue weighted by atomic mass is 10.2. The van der Waals surface area contributed by atoms with Gasteiger partial charge in [-0.05, 0) is 19.0 Å². The maximum absolute atomic E-state index is 13.8. The van der Waals surface area contributed by atoms with Gasteiger partial charge in [-0.2, -0.15) is 0 Å². The molecule has 7 nitrogen and oxygen atoms in total. The first-order valence-electron chi connectivity index (χ1n) is 7.72. The van der Waals surface area contributed by atoms with Crippen molar-refractivity contribution in [3.63, 3.8) is 0 Å². The van der Waals surface area contributed by atoms with Crippen molar-refractivity contribution in [3.05, 3.63) is 63.7 Å². The molecule has 0 saturated carbocycles. The summed E-state index contributed by atoms with van der Waals surface area (Å²) in [5, 5.41) is 2.91. The summed E-state index contributed by atoms with van der Waals surface area (Å²) in [5.41, 5.74) is 10.4. The lowest BCUT2D eigenvalue weighted by Crippen LogP contribution is -2.20. The van der Waals surface area contributed by atoms with Gasteiger partial charge in [-0.1, -0.05) is 6.58 Å². The second-order valence-electron chi connectivity index (χ2n) is 5.45. The number of nitrogens with zero attached hydrogens (tertiary/aromatic N) is 2. The zero-order valence-electron chi connectivity index (χ0n) is 13.9. The van der Waals surface area contributed by atoms with Crippen molar-refractivity contribution in [3.8, 4) is 0 Å². The van der Waals surface area contributed by atoms with Gasteiger partial charge in [-0.3, -0.25) is 4.57 Å². The van der Waals surface area contributed by atoms with E-state index < -0.39 is 29.7 Å². The van der Waals surface area contributed by atoms with Crippen molar-refractivity contribution < 1.29 is 13.2 Å². The minimum atomic E-state index is -1.34. The number of benzene rings is 1. The summed E-state index contributed by atoms with van der Waals surface area (Å²) in [6, 6.07) is 1.22. The monoisotopic (exact) mass is 368 g/mol. The molecule has 0 fully saturated rings. The van der Waals surface area contributed by atoms with Crippen LogP contribution in [0, 0.1) is 17.5 Å². The molecule has 0 saturated heterocycles. The molecule has 0 aliphatic rings. The Morgan fingerprint density at radius 3 is 2.81 bits per heavy atom. The predicted octanol–water partition coefficient (Wildman–Crippen LogP) is 1.05. The number of rotatable bonds is 8. The number of imidazole rings is 1. The minimum absolute atomic E-state index is 0.0578. The molecule has 0 unspecified atom stereocenters. The standard InChI is InChI=1S/C16H19F3N6O/c1-9(22-4-2-3-20)23-7-13-15(21)25(16(26)24-13)8-10-5-11(17)6-12(18)14(10)19/h5-7,22H,1-4,8,20-21H2,(H,24,26)/b23-7-. The molecule has 0 amide bonds. The van der Waals surface area contributed by atoms with Crippen molar-refractivity contribution in [2.75, 3.05) is 18.8 Å². The van der Waals surface area contributed by atoms with E-state index in [0.29, 0.717) is 25.0 Å². The van der Waals surface area contributed by atoms with Crippen LogP contribution in [0.15, 0.2) is 34.3 Å². The number of nitrogen functional groups attached to an aromatic ring is 1. The lowest BCUT2D eigenvalue weighted by Gasteiger charge is -2.07. The molecule has 0 radical (unpaired) electrons. The third-order valence-corrected chi connectivity index (χ3v) is 3.51. The van der Waals surface area contributed by atoms with Gasteiger partial charge in [-0.25, -0.2) is 23.0 Å². The Morgan fingerprint density at radius 1 is 1.38 bits per heavy atom. The molecular weight excluding hydrogens is 349 g/mol. The number of aromatic nitrogens is 2. The van der Waals surface area contributed by atoms with E-state index in [1.165, 1.54) is 6.21 Å². The van der Waals surface area contributed by atoms with Crippen molar-refractivity contribution >= 4 is 12.0 Å². The number of anilines is 1. The number of hydrogen-bond donors (Lipinski definition) is 4. The first kappa shape index (κ1) is 19.3. The summed E-state index contributed by atoms with van der Waals surface area (Å²) < 4.78 is 41.3. The van der Waals surface area contributed by atoms with Crippen LogP contribution in [-0.4, -0.2) is 28.9 Å². The summed E-state index contributed by atoms with van der Waals surface area (Å²) in [4.78, 5) is 18.4. The number of nitrogens with two attached hydrogens (primary N) is 2. The topological polar surface area (TPSA) is 114 Å². The molecule has 140 valence electrons. The average Bonchev–Trinajstić information content (AvgIpc) is 2.85. The van der Waals surface area contributed by atoms with Crippen LogP contribution in [0.4, 0.5) is 19.0 Å². The van der Waals surface area contributed by atoms with Gasteiger partial charge in [0, 0.05) is 18.2 Å². The van der Waals surface area contributed by atoms with Crippen LogP contribution in [0.25, 0.3) is 0 Å². The average molecular weight is 368 g/mol. The van der Waals surface area contributed by atoms with Crippen LogP contribution in [0.2, 0.25) is 0 Å². The molecule has 1 heterocycles. The fourth-order valence-electron chi connectivity index (χ4n) is 2.17. The molecule has 0 aliphatic heterocycles. The van der Waals surface area contributed by atoms with Crippen LogP contribution in [-0.2, 0) is 6.54 Å². The largest absolute Gasteiger partial charge is 0.383 e. The van der Waals surface area contributed by atoms with Gasteiger partial charge in [0.25, 0.3) is 0 Å². The van der Waals surface area contributed by atoms with E-state index >= 15 is 0 Å². The summed E-state index contributed by atoms with van der Waals surface area (Å²) in [6.07, 6.45) is 2.01. The fraction of sp³-hybridized carbons (Fsp3) is 0.250. The van der Waals surface area contributed by atoms with Gasteiger partial charge in [0.1, 0.15) is 23.1 Å². The van der Waals surface area contributed by atoms with Crippen LogP contribution < -0.4 is 22.5 Å². The molecule has 2 rings (SSSR count). The van der Waals surface area contributed by atoms with E-state index in [-0.39, 0.29) is 17.1 Å². The zero-order valence-corrected chi connectivity index (χ0v) is 13.9. The molecule has 0 spiro atoms. The van der Waals surface area contributed by atoms with Gasteiger partial charge < -0.3 is 21.8 Å². The van der Waals surface area contributed by atoms with E-state index in [1.54, 1.807) is 0 Å². The third-order valence-electron chi connectivity index (χ3n) is 3.51. The number of hydrogen-bond acceptors (Lipinski definition) is 5.